The second kappa shape index (κ2) is 10.3. The molecule has 12 heteroatoms. The van der Waals surface area contributed by atoms with Crippen LogP contribution in [0, 0.1) is 0 Å². The molecule has 174 valence electrons. The first-order chi connectivity index (χ1) is 15.9. The van der Waals surface area contributed by atoms with E-state index in [-0.39, 0.29) is 28.6 Å². The van der Waals surface area contributed by atoms with E-state index >= 15 is 0 Å². The molecule has 10 nitrogen and oxygen atoms in total. The molecule has 1 N–H and O–H groups in total. The number of nitrogens with zero attached hydrogens (tertiary/aromatic N) is 4. The predicted molar refractivity (Wildman–Crippen MR) is 121 cm³/mol. The van der Waals surface area contributed by atoms with Crippen LogP contribution in [0.3, 0.4) is 0 Å². The number of nitrogens with one attached hydrogen (secondary N) is 1. The fourth-order valence-corrected chi connectivity index (χ4v) is 4.88. The number of hydrogen-bond donors (Lipinski definition) is 1. The molecule has 0 spiro atoms. The van der Waals surface area contributed by atoms with Crippen LogP contribution in [-0.2, 0) is 21.3 Å². The van der Waals surface area contributed by atoms with Crippen LogP contribution in [0.4, 0.5) is 5.69 Å². The van der Waals surface area contributed by atoms with Crippen molar-refractivity contribution in [2.24, 2.45) is 0 Å². The Morgan fingerprint density at radius 2 is 2.00 bits per heavy atom. The van der Waals surface area contributed by atoms with Gasteiger partial charge in [-0.1, -0.05) is 17.7 Å². The number of ether oxygens (including phenoxy) is 2. The molecule has 0 radical (unpaired) electrons. The van der Waals surface area contributed by atoms with Crippen molar-refractivity contribution in [1.29, 1.82) is 0 Å². The second-order valence-corrected chi connectivity index (χ2v) is 9.49. The Morgan fingerprint density at radius 3 is 2.76 bits per heavy atom. The van der Waals surface area contributed by atoms with Crippen molar-refractivity contribution in [3.05, 3.63) is 65.7 Å². The largest absolute Gasteiger partial charge is 0.492 e. The first-order valence-electron chi connectivity index (χ1n) is 10.2. The van der Waals surface area contributed by atoms with E-state index in [9.17, 15) is 13.2 Å². The Balaban J connectivity index is 1.45. The second-order valence-electron chi connectivity index (χ2n) is 7.15. The van der Waals surface area contributed by atoms with Crippen LogP contribution < -0.4 is 10.1 Å². The number of carbonyl (C=O) groups is 1. The Bertz CT molecular complexity index is 1210. The van der Waals surface area contributed by atoms with Gasteiger partial charge in [-0.05, 0) is 30.3 Å². The van der Waals surface area contributed by atoms with Gasteiger partial charge in [-0.3, -0.25) is 4.79 Å². The lowest BCUT2D eigenvalue weighted by atomic mass is 10.2. The number of anilines is 1. The van der Waals surface area contributed by atoms with Crippen molar-refractivity contribution in [3.63, 3.8) is 0 Å². The lowest BCUT2D eigenvalue weighted by Gasteiger charge is -2.26. The third-order valence-corrected chi connectivity index (χ3v) is 7.16. The molecule has 0 atom stereocenters. The number of carbonyl (C=O) groups excluding carboxylic acids is 1. The molecule has 4 rings (SSSR count). The van der Waals surface area contributed by atoms with E-state index in [1.54, 1.807) is 35.3 Å². The first kappa shape index (κ1) is 23.2. The van der Waals surface area contributed by atoms with Gasteiger partial charge in [-0.2, -0.15) is 9.40 Å². The fraction of sp³-hybridized carbons (Fsp3) is 0.286. The quantitative estimate of drug-likeness (QED) is 0.514. The minimum Gasteiger partial charge on any atom is -0.492 e. The molecule has 1 fully saturated rings. The zero-order valence-corrected chi connectivity index (χ0v) is 19.1. The molecule has 2 aromatic carbocycles. The summed E-state index contributed by atoms with van der Waals surface area (Å²) in [6.07, 6.45) is 3.04. The zero-order chi connectivity index (χ0) is 23.3. The minimum absolute atomic E-state index is 0.00384. The van der Waals surface area contributed by atoms with Gasteiger partial charge in [0, 0.05) is 24.8 Å². The number of halogens is 1. The van der Waals surface area contributed by atoms with Gasteiger partial charge in [-0.15, -0.1) is 0 Å². The molecule has 1 aromatic heterocycles. The van der Waals surface area contributed by atoms with Crippen LogP contribution in [0.15, 0.2) is 60.0 Å². The molecule has 0 aliphatic carbocycles. The van der Waals surface area contributed by atoms with Gasteiger partial charge < -0.3 is 14.8 Å². The van der Waals surface area contributed by atoms with Crippen LogP contribution in [0.1, 0.15) is 10.4 Å². The van der Waals surface area contributed by atoms with Crippen molar-refractivity contribution < 1.29 is 22.7 Å². The molecule has 1 amide bonds. The van der Waals surface area contributed by atoms with Crippen LogP contribution in [0.5, 0.6) is 5.75 Å². The molecule has 0 bridgehead atoms. The number of sulfonamides is 1. The lowest BCUT2D eigenvalue weighted by molar-refractivity contribution is 0.0730. The van der Waals surface area contributed by atoms with E-state index < -0.39 is 15.9 Å². The summed E-state index contributed by atoms with van der Waals surface area (Å²) in [6, 6.07) is 11.0. The molecule has 1 saturated heterocycles. The number of rotatable bonds is 8. The predicted octanol–water partition coefficient (Wildman–Crippen LogP) is 2.28. The van der Waals surface area contributed by atoms with Gasteiger partial charge in [0.2, 0.25) is 10.0 Å². The van der Waals surface area contributed by atoms with Crippen molar-refractivity contribution in [2.45, 2.75) is 11.4 Å². The summed E-state index contributed by atoms with van der Waals surface area (Å²) in [5, 5.41) is 6.89. The van der Waals surface area contributed by atoms with Crippen molar-refractivity contribution in [2.75, 3.05) is 38.2 Å². The monoisotopic (exact) mass is 491 g/mol. The maximum Gasteiger partial charge on any atom is 0.257 e. The number of morpholine rings is 1. The molecule has 0 unspecified atom stereocenters. The minimum atomic E-state index is -3.76. The maximum absolute atomic E-state index is 12.9. The van der Waals surface area contributed by atoms with E-state index in [1.807, 2.05) is 0 Å². The summed E-state index contributed by atoms with van der Waals surface area (Å²) in [5.74, 6) is 0.0291. The molecular weight excluding hydrogens is 470 g/mol. The highest BCUT2D eigenvalue weighted by Gasteiger charge is 2.27. The highest BCUT2D eigenvalue weighted by Crippen LogP contribution is 2.25. The first-order valence-corrected chi connectivity index (χ1v) is 12.0. The number of aromatic nitrogens is 3. The fourth-order valence-electron chi connectivity index (χ4n) is 3.24. The normalized spacial score (nSPS) is 14.7. The molecule has 1 aliphatic rings. The molecule has 0 saturated carbocycles. The summed E-state index contributed by atoms with van der Waals surface area (Å²) in [7, 11) is -3.76. The van der Waals surface area contributed by atoms with Crippen molar-refractivity contribution in [3.8, 4) is 5.75 Å². The molecular formula is C21H22ClN5O5S. The van der Waals surface area contributed by atoms with Gasteiger partial charge in [0.15, 0.2) is 0 Å². The van der Waals surface area contributed by atoms with Crippen molar-refractivity contribution >= 4 is 33.2 Å². The molecule has 1 aliphatic heterocycles. The zero-order valence-electron chi connectivity index (χ0n) is 17.6. The van der Waals surface area contributed by atoms with E-state index in [4.69, 9.17) is 21.1 Å². The Labute approximate surface area is 196 Å². The molecule has 2 heterocycles. The Morgan fingerprint density at radius 1 is 1.18 bits per heavy atom. The molecule has 3 aromatic rings. The highest BCUT2D eigenvalue weighted by atomic mass is 35.5. The van der Waals surface area contributed by atoms with Gasteiger partial charge in [0.1, 0.15) is 25.0 Å². The number of amides is 1. The standard InChI is InChI=1S/C21H22ClN5O5S/c22-20-5-4-18(33(29,30)27-7-9-31-10-8-27)13-19(20)21(28)25-16-2-1-3-17(12-16)32-11-6-26-15-23-14-24-26/h1-5,12-15H,6-11H2,(H,25,28). The SMILES string of the molecule is O=C(Nc1cccc(OCCn2cncn2)c1)c1cc(S(=O)(=O)N2CCOCC2)ccc1Cl. The molecule has 33 heavy (non-hydrogen) atoms. The van der Waals surface area contributed by atoms with E-state index in [0.29, 0.717) is 37.8 Å². The number of hydrogen-bond acceptors (Lipinski definition) is 7. The summed E-state index contributed by atoms with van der Waals surface area (Å²) in [4.78, 5) is 16.8. The Kier molecular flexibility index (Phi) is 7.23. The number of benzene rings is 2. The summed E-state index contributed by atoms with van der Waals surface area (Å²) >= 11 is 6.21. The van der Waals surface area contributed by atoms with Crippen LogP contribution in [-0.4, -0.2) is 66.3 Å². The van der Waals surface area contributed by atoms with Crippen LogP contribution in [0.2, 0.25) is 5.02 Å². The lowest BCUT2D eigenvalue weighted by Crippen LogP contribution is -2.40. The van der Waals surface area contributed by atoms with Gasteiger partial charge in [-0.25, -0.2) is 18.1 Å². The van der Waals surface area contributed by atoms with Gasteiger partial charge in [0.05, 0.1) is 35.2 Å². The smallest absolute Gasteiger partial charge is 0.257 e. The average molecular weight is 492 g/mol. The highest BCUT2D eigenvalue weighted by molar-refractivity contribution is 7.89. The summed E-state index contributed by atoms with van der Waals surface area (Å²) in [5.41, 5.74) is 0.541. The van der Waals surface area contributed by atoms with E-state index in [2.05, 4.69) is 15.4 Å². The van der Waals surface area contributed by atoms with E-state index in [0.717, 1.165) is 0 Å². The van der Waals surface area contributed by atoms with E-state index in [1.165, 1.54) is 28.8 Å². The topological polar surface area (TPSA) is 116 Å². The maximum atomic E-state index is 12.9. The van der Waals surface area contributed by atoms with Gasteiger partial charge >= 0.3 is 0 Å². The van der Waals surface area contributed by atoms with Crippen LogP contribution in [0.25, 0.3) is 0 Å². The van der Waals surface area contributed by atoms with Gasteiger partial charge in [0.25, 0.3) is 5.91 Å². The van der Waals surface area contributed by atoms with Crippen molar-refractivity contribution in [1.82, 2.24) is 19.1 Å². The Hall–Kier alpha value is -2.99. The average Bonchev–Trinajstić information content (AvgIpc) is 3.33. The summed E-state index contributed by atoms with van der Waals surface area (Å²) in [6.45, 7) is 2.08. The third-order valence-electron chi connectivity index (χ3n) is 4.94. The summed E-state index contributed by atoms with van der Waals surface area (Å²) < 4.78 is 39.8. The van der Waals surface area contributed by atoms with Crippen LogP contribution >= 0.6 is 11.6 Å². The third kappa shape index (κ3) is 5.69.